The Kier molecular flexibility index (Phi) is 6.29. The first-order valence-corrected chi connectivity index (χ1v) is 9.35. The maximum atomic E-state index is 5.75. The first kappa shape index (κ1) is 19.2. The van der Waals surface area contributed by atoms with Crippen LogP contribution in [0.2, 0.25) is 0 Å². The molecule has 0 amide bonds. The molecule has 1 aliphatic carbocycles. The van der Waals surface area contributed by atoms with Crippen LogP contribution in [-0.4, -0.2) is 42.3 Å². The van der Waals surface area contributed by atoms with Crippen LogP contribution < -0.4 is 0 Å². The molecule has 2 aromatic rings. The van der Waals surface area contributed by atoms with Gasteiger partial charge in [0.15, 0.2) is 5.76 Å². The van der Waals surface area contributed by atoms with E-state index in [1.54, 1.807) is 0 Å². The molecule has 0 N–H and O–H groups in total. The lowest BCUT2D eigenvalue weighted by Crippen LogP contribution is -2.10. The highest BCUT2D eigenvalue weighted by Crippen LogP contribution is 2.32. The zero-order chi connectivity index (χ0) is 19.2. The Morgan fingerprint density at radius 2 is 1.85 bits per heavy atom. The molecule has 1 aliphatic rings. The molecule has 0 fully saturated rings. The highest BCUT2D eigenvalue weighted by molar-refractivity contribution is 5.54. The third-order valence-electron chi connectivity index (χ3n) is 4.25. The molecular weight excluding hydrogens is 342 g/mol. The number of rotatable bonds is 8. The summed E-state index contributed by atoms with van der Waals surface area (Å²) in [5.74, 6) is 2.80. The van der Waals surface area contributed by atoms with Gasteiger partial charge >= 0.3 is 0 Å². The van der Waals surface area contributed by atoms with Gasteiger partial charge in [0.05, 0.1) is 19.1 Å². The number of hydrogen-bond acceptors (Lipinski definition) is 6. The predicted molar refractivity (Wildman–Crippen MR) is 104 cm³/mol. The molecule has 0 aliphatic heterocycles. The monoisotopic (exact) mass is 369 g/mol. The molecular formula is C21H27N3O3. The van der Waals surface area contributed by atoms with E-state index in [4.69, 9.17) is 14.0 Å². The Morgan fingerprint density at radius 3 is 2.52 bits per heavy atom. The molecule has 0 spiro atoms. The van der Waals surface area contributed by atoms with E-state index >= 15 is 0 Å². The van der Waals surface area contributed by atoms with E-state index in [0.717, 1.165) is 23.6 Å². The lowest BCUT2D eigenvalue weighted by atomic mass is 9.98. The number of allylic oxidation sites excluding steroid dienone is 3. The van der Waals surface area contributed by atoms with Crippen molar-refractivity contribution in [3.05, 3.63) is 59.4 Å². The average molecular weight is 369 g/mol. The SMILES string of the molecule is CCOC1=C(OCC)CC(c2nc(-c3ccc(CN(C)C)cc3)no2)C=C1. The van der Waals surface area contributed by atoms with Crippen LogP contribution in [0.4, 0.5) is 0 Å². The van der Waals surface area contributed by atoms with Gasteiger partial charge in [0, 0.05) is 18.5 Å². The number of nitrogens with zero attached hydrogens (tertiary/aromatic N) is 3. The van der Waals surface area contributed by atoms with Gasteiger partial charge in [-0.2, -0.15) is 4.98 Å². The fraction of sp³-hybridized carbons (Fsp3) is 0.429. The van der Waals surface area contributed by atoms with Crippen molar-refractivity contribution in [2.45, 2.75) is 32.7 Å². The summed E-state index contributed by atoms with van der Waals surface area (Å²) in [6, 6.07) is 8.25. The fourth-order valence-electron chi connectivity index (χ4n) is 3.05. The second-order valence-electron chi connectivity index (χ2n) is 6.71. The largest absolute Gasteiger partial charge is 0.494 e. The van der Waals surface area contributed by atoms with Crippen LogP contribution in [0.25, 0.3) is 11.4 Å². The van der Waals surface area contributed by atoms with Crippen LogP contribution in [0, 0.1) is 0 Å². The first-order valence-electron chi connectivity index (χ1n) is 9.35. The van der Waals surface area contributed by atoms with Crippen LogP contribution >= 0.6 is 0 Å². The molecule has 1 atom stereocenters. The highest BCUT2D eigenvalue weighted by atomic mass is 16.5. The van der Waals surface area contributed by atoms with Crippen molar-refractivity contribution in [1.82, 2.24) is 15.0 Å². The molecule has 0 bridgehead atoms. The summed E-state index contributed by atoms with van der Waals surface area (Å²) >= 11 is 0. The quantitative estimate of drug-likeness (QED) is 0.697. The predicted octanol–water partition coefficient (Wildman–Crippen LogP) is 4.13. The van der Waals surface area contributed by atoms with Crippen molar-refractivity contribution < 1.29 is 14.0 Å². The number of ether oxygens (including phenoxy) is 2. The van der Waals surface area contributed by atoms with Gasteiger partial charge in [-0.05, 0) is 39.6 Å². The fourth-order valence-corrected chi connectivity index (χ4v) is 3.05. The zero-order valence-corrected chi connectivity index (χ0v) is 16.4. The number of hydrogen-bond donors (Lipinski definition) is 0. The van der Waals surface area contributed by atoms with Crippen molar-refractivity contribution in [2.24, 2.45) is 0 Å². The van der Waals surface area contributed by atoms with Gasteiger partial charge in [-0.25, -0.2) is 0 Å². The molecule has 1 aromatic heterocycles. The maximum absolute atomic E-state index is 5.75. The van der Waals surface area contributed by atoms with Gasteiger partial charge in [-0.3, -0.25) is 0 Å². The third kappa shape index (κ3) is 4.77. The number of aromatic nitrogens is 2. The molecule has 0 saturated carbocycles. The summed E-state index contributed by atoms with van der Waals surface area (Å²) in [6.07, 6.45) is 4.62. The van der Waals surface area contributed by atoms with Crippen LogP contribution in [0.15, 0.2) is 52.5 Å². The van der Waals surface area contributed by atoms with Crippen LogP contribution in [0.3, 0.4) is 0 Å². The van der Waals surface area contributed by atoms with Gasteiger partial charge in [-0.1, -0.05) is 35.5 Å². The Morgan fingerprint density at radius 1 is 1.11 bits per heavy atom. The van der Waals surface area contributed by atoms with Crippen molar-refractivity contribution >= 4 is 0 Å². The normalized spacial score (nSPS) is 16.9. The van der Waals surface area contributed by atoms with E-state index in [-0.39, 0.29) is 5.92 Å². The molecule has 0 radical (unpaired) electrons. The van der Waals surface area contributed by atoms with Crippen molar-refractivity contribution in [1.29, 1.82) is 0 Å². The Hall–Kier alpha value is -2.60. The highest BCUT2D eigenvalue weighted by Gasteiger charge is 2.25. The minimum atomic E-state index is -0.00924. The molecule has 27 heavy (non-hydrogen) atoms. The summed E-state index contributed by atoms with van der Waals surface area (Å²) in [5, 5.41) is 4.16. The topological polar surface area (TPSA) is 60.6 Å². The van der Waals surface area contributed by atoms with Crippen LogP contribution in [0.1, 0.15) is 37.6 Å². The molecule has 1 aromatic carbocycles. The van der Waals surface area contributed by atoms with Gasteiger partial charge < -0.3 is 18.9 Å². The van der Waals surface area contributed by atoms with E-state index in [2.05, 4.69) is 41.3 Å². The Bertz CT molecular complexity index is 806. The van der Waals surface area contributed by atoms with E-state index in [0.29, 0.717) is 31.3 Å². The van der Waals surface area contributed by atoms with Gasteiger partial charge in [0.2, 0.25) is 11.7 Å². The molecule has 1 heterocycles. The van der Waals surface area contributed by atoms with E-state index in [9.17, 15) is 0 Å². The minimum Gasteiger partial charge on any atom is -0.494 e. The lowest BCUT2D eigenvalue weighted by Gasteiger charge is -2.20. The number of benzene rings is 1. The summed E-state index contributed by atoms with van der Waals surface area (Å²) in [6.45, 7) is 6.04. The van der Waals surface area contributed by atoms with Crippen molar-refractivity contribution in [2.75, 3.05) is 27.3 Å². The molecule has 6 heteroatoms. The maximum Gasteiger partial charge on any atom is 0.234 e. The van der Waals surface area contributed by atoms with Crippen LogP contribution in [-0.2, 0) is 16.0 Å². The second kappa shape index (κ2) is 8.86. The van der Waals surface area contributed by atoms with Gasteiger partial charge in [-0.15, -0.1) is 0 Å². The molecule has 1 unspecified atom stereocenters. The van der Waals surface area contributed by atoms with E-state index in [1.165, 1.54) is 5.56 Å². The van der Waals surface area contributed by atoms with Crippen molar-refractivity contribution in [3.63, 3.8) is 0 Å². The second-order valence-corrected chi connectivity index (χ2v) is 6.71. The summed E-state index contributed by atoms with van der Waals surface area (Å²) in [4.78, 5) is 6.74. The first-order chi connectivity index (χ1) is 13.1. The van der Waals surface area contributed by atoms with E-state index < -0.39 is 0 Å². The summed E-state index contributed by atoms with van der Waals surface area (Å²) in [5.41, 5.74) is 2.19. The molecule has 144 valence electrons. The Balaban J connectivity index is 1.73. The summed E-state index contributed by atoms with van der Waals surface area (Å²) in [7, 11) is 4.11. The standard InChI is InChI=1S/C21H27N3O3/c1-5-25-18-12-11-17(13-19(18)26-6-2)21-22-20(23-27-21)16-9-7-15(8-10-16)14-24(3)4/h7-12,17H,5-6,13-14H2,1-4H3. The lowest BCUT2D eigenvalue weighted by molar-refractivity contribution is 0.161. The smallest absolute Gasteiger partial charge is 0.234 e. The Labute approximate surface area is 160 Å². The van der Waals surface area contributed by atoms with Crippen LogP contribution in [0.5, 0.6) is 0 Å². The molecule has 0 saturated heterocycles. The zero-order valence-electron chi connectivity index (χ0n) is 16.4. The van der Waals surface area contributed by atoms with E-state index in [1.807, 2.05) is 38.1 Å². The summed E-state index contributed by atoms with van der Waals surface area (Å²) < 4.78 is 16.9. The molecule has 3 rings (SSSR count). The molecule has 6 nitrogen and oxygen atoms in total. The van der Waals surface area contributed by atoms with Crippen molar-refractivity contribution in [3.8, 4) is 11.4 Å². The van der Waals surface area contributed by atoms with Gasteiger partial charge in [0.1, 0.15) is 5.76 Å². The van der Waals surface area contributed by atoms with Gasteiger partial charge in [0.25, 0.3) is 0 Å². The average Bonchev–Trinajstić information content (AvgIpc) is 3.14. The third-order valence-corrected chi connectivity index (χ3v) is 4.25. The minimum absolute atomic E-state index is 0.00924.